The van der Waals surface area contributed by atoms with Gasteiger partial charge >= 0.3 is 0 Å². The first-order valence-electron chi connectivity index (χ1n) is 5.72. The molecule has 1 amide bonds. The lowest BCUT2D eigenvalue weighted by Crippen LogP contribution is -2.46. The van der Waals surface area contributed by atoms with E-state index >= 15 is 0 Å². The number of nitrogens with zero attached hydrogens (tertiary/aromatic N) is 1. The third kappa shape index (κ3) is 1.89. The highest BCUT2D eigenvalue weighted by molar-refractivity contribution is 7.99. The second-order valence-electron chi connectivity index (χ2n) is 4.39. The fourth-order valence-corrected chi connectivity index (χ4v) is 3.43. The third-order valence-corrected chi connectivity index (χ3v) is 4.34. The van der Waals surface area contributed by atoms with Crippen LogP contribution in [0.5, 0.6) is 0 Å². The first-order valence-corrected chi connectivity index (χ1v) is 6.87. The standard InChI is InChI=1S/C12H14N3OS/c13-9-2-1-3-10-8(9)6-11(12(16)14-10)15-4-5-17-7-15/h1-3,11,13H,4-7H2,(H,14,16). The largest absolute Gasteiger partial charge is 0.324 e. The van der Waals surface area contributed by atoms with Gasteiger partial charge in [-0.2, -0.15) is 0 Å². The van der Waals surface area contributed by atoms with Crippen LogP contribution in [0.2, 0.25) is 0 Å². The van der Waals surface area contributed by atoms with Gasteiger partial charge in [-0.1, -0.05) is 6.07 Å². The van der Waals surface area contributed by atoms with Gasteiger partial charge in [0.15, 0.2) is 0 Å². The normalized spacial score (nSPS) is 24.5. The molecular weight excluding hydrogens is 234 g/mol. The molecule has 0 aliphatic carbocycles. The molecule has 1 unspecified atom stereocenters. The summed E-state index contributed by atoms with van der Waals surface area (Å²) in [6.45, 7) is 0.970. The Kier molecular flexibility index (Phi) is 2.72. The van der Waals surface area contributed by atoms with Gasteiger partial charge in [0, 0.05) is 35.8 Å². The number of nitrogens with one attached hydrogen (secondary N) is 2. The maximum atomic E-state index is 12.0. The summed E-state index contributed by atoms with van der Waals surface area (Å²) in [5.41, 5.74) is 10.2. The van der Waals surface area contributed by atoms with Crippen molar-refractivity contribution in [2.45, 2.75) is 12.5 Å². The molecule has 1 saturated heterocycles. The lowest BCUT2D eigenvalue weighted by Gasteiger charge is -2.31. The maximum Gasteiger partial charge on any atom is 0.242 e. The van der Waals surface area contributed by atoms with Crippen molar-refractivity contribution in [1.29, 1.82) is 0 Å². The molecule has 5 heteroatoms. The van der Waals surface area contributed by atoms with Crippen molar-refractivity contribution >= 4 is 29.0 Å². The Balaban J connectivity index is 1.91. The average Bonchev–Trinajstić information content (AvgIpc) is 2.82. The SMILES string of the molecule is [NH]c1cccc2c1CC(N1CCSC1)C(=O)N2. The van der Waals surface area contributed by atoms with Gasteiger partial charge in [0.2, 0.25) is 5.91 Å². The first kappa shape index (κ1) is 10.9. The molecule has 17 heavy (non-hydrogen) atoms. The summed E-state index contributed by atoms with van der Waals surface area (Å²) >= 11 is 1.86. The number of hydrogen-bond donors (Lipinski definition) is 1. The molecule has 4 nitrogen and oxygen atoms in total. The highest BCUT2D eigenvalue weighted by atomic mass is 32.2. The Hall–Kier alpha value is -1.20. The van der Waals surface area contributed by atoms with Crippen LogP contribution in [0.4, 0.5) is 11.4 Å². The molecule has 1 aromatic carbocycles. The number of carbonyl (C=O) groups excluding carboxylic acids is 1. The summed E-state index contributed by atoms with van der Waals surface area (Å²) in [4.78, 5) is 14.2. The zero-order valence-electron chi connectivity index (χ0n) is 9.40. The molecule has 0 bridgehead atoms. The van der Waals surface area contributed by atoms with Crippen LogP contribution in [0.25, 0.3) is 0 Å². The van der Waals surface area contributed by atoms with E-state index < -0.39 is 0 Å². The minimum absolute atomic E-state index is 0.0746. The molecular formula is C12H14N3OS. The third-order valence-electron chi connectivity index (χ3n) is 3.35. The Morgan fingerprint density at radius 3 is 3.12 bits per heavy atom. The quantitative estimate of drug-likeness (QED) is 0.819. The highest BCUT2D eigenvalue weighted by Gasteiger charge is 2.33. The van der Waals surface area contributed by atoms with E-state index in [0.717, 1.165) is 29.4 Å². The van der Waals surface area contributed by atoms with E-state index in [4.69, 9.17) is 5.73 Å². The predicted molar refractivity (Wildman–Crippen MR) is 69.4 cm³/mol. The summed E-state index contributed by atoms with van der Waals surface area (Å²) in [6.07, 6.45) is 0.668. The zero-order valence-corrected chi connectivity index (χ0v) is 10.2. The fraction of sp³-hybridized carbons (Fsp3) is 0.417. The molecule has 2 heterocycles. The van der Waals surface area contributed by atoms with Gasteiger partial charge in [-0.05, 0) is 12.1 Å². The highest BCUT2D eigenvalue weighted by Crippen LogP contribution is 2.31. The number of hydrogen-bond acceptors (Lipinski definition) is 3. The minimum atomic E-state index is -0.0935. The molecule has 2 aliphatic heterocycles. The second-order valence-corrected chi connectivity index (χ2v) is 5.47. The van der Waals surface area contributed by atoms with E-state index in [1.54, 1.807) is 6.07 Å². The van der Waals surface area contributed by atoms with E-state index in [9.17, 15) is 4.79 Å². The minimum Gasteiger partial charge on any atom is -0.324 e. The average molecular weight is 248 g/mol. The number of anilines is 1. The summed E-state index contributed by atoms with van der Waals surface area (Å²) in [6, 6.07) is 5.38. The molecule has 0 saturated carbocycles. The molecule has 2 aliphatic rings. The lowest BCUT2D eigenvalue weighted by molar-refractivity contribution is -0.121. The Bertz CT molecular complexity index is 457. The molecule has 1 fully saturated rings. The number of thioether (sulfide) groups is 1. The van der Waals surface area contributed by atoms with Crippen molar-refractivity contribution in [2.75, 3.05) is 23.5 Å². The van der Waals surface area contributed by atoms with Crippen LogP contribution in [0.1, 0.15) is 5.56 Å². The van der Waals surface area contributed by atoms with Gasteiger partial charge in [0.1, 0.15) is 0 Å². The van der Waals surface area contributed by atoms with Crippen molar-refractivity contribution in [3.63, 3.8) is 0 Å². The molecule has 1 radical (unpaired) electrons. The molecule has 0 spiro atoms. The van der Waals surface area contributed by atoms with E-state index in [-0.39, 0.29) is 11.9 Å². The van der Waals surface area contributed by atoms with E-state index in [1.165, 1.54) is 0 Å². The summed E-state index contributed by atoms with van der Waals surface area (Å²) in [7, 11) is 0. The van der Waals surface area contributed by atoms with Crippen molar-refractivity contribution < 1.29 is 4.79 Å². The van der Waals surface area contributed by atoms with Crippen molar-refractivity contribution in [1.82, 2.24) is 10.6 Å². The first-order chi connectivity index (χ1) is 8.25. The molecule has 2 N–H and O–H groups in total. The predicted octanol–water partition coefficient (Wildman–Crippen LogP) is 1.47. The molecule has 89 valence electrons. The van der Waals surface area contributed by atoms with Crippen LogP contribution in [0.3, 0.4) is 0 Å². The smallest absolute Gasteiger partial charge is 0.242 e. The maximum absolute atomic E-state index is 12.0. The fourth-order valence-electron chi connectivity index (χ4n) is 2.39. The topological polar surface area (TPSA) is 56.1 Å². The monoisotopic (exact) mass is 248 g/mol. The number of carbonyl (C=O) groups is 1. The summed E-state index contributed by atoms with van der Waals surface area (Å²) < 4.78 is 0. The van der Waals surface area contributed by atoms with Crippen molar-refractivity contribution in [2.24, 2.45) is 0 Å². The Morgan fingerprint density at radius 1 is 1.47 bits per heavy atom. The molecule has 3 rings (SSSR count). The number of amides is 1. The number of fused-ring (bicyclic) bond motifs is 1. The van der Waals surface area contributed by atoms with E-state index in [2.05, 4.69) is 10.2 Å². The number of rotatable bonds is 1. The van der Waals surface area contributed by atoms with Gasteiger partial charge in [0.25, 0.3) is 0 Å². The Morgan fingerprint density at radius 2 is 2.35 bits per heavy atom. The van der Waals surface area contributed by atoms with E-state index in [1.807, 2.05) is 23.9 Å². The van der Waals surface area contributed by atoms with Crippen LogP contribution < -0.4 is 11.1 Å². The summed E-state index contributed by atoms with van der Waals surface area (Å²) in [5, 5.41) is 2.92. The van der Waals surface area contributed by atoms with Gasteiger partial charge in [0.05, 0.1) is 11.7 Å². The van der Waals surface area contributed by atoms with Gasteiger partial charge in [-0.15, -0.1) is 11.8 Å². The molecule has 1 aromatic rings. The second kappa shape index (κ2) is 4.23. The van der Waals surface area contributed by atoms with Crippen LogP contribution in [0, 0.1) is 0 Å². The van der Waals surface area contributed by atoms with Gasteiger partial charge in [-0.25, -0.2) is 0 Å². The number of benzene rings is 1. The Labute approximate surface area is 105 Å². The van der Waals surface area contributed by atoms with Crippen LogP contribution in [0.15, 0.2) is 18.2 Å². The summed E-state index contributed by atoms with van der Waals surface area (Å²) in [5.74, 6) is 2.10. The lowest BCUT2D eigenvalue weighted by atomic mass is 9.96. The van der Waals surface area contributed by atoms with Crippen LogP contribution in [-0.4, -0.2) is 35.0 Å². The van der Waals surface area contributed by atoms with Crippen LogP contribution in [-0.2, 0) is 11.2 Å². The molecule has 0 aromatic heterocycles. The van der Waals surface area contributed by atoms with Gasteiger partial charge in [-0.3, -0.25) is 9.69 Å². The van der Waals surface area contributed by atoms with Gasteiger partial charge < -0.3 is 11.1 Å². The van der Waals surface area contributed by atoms with Crippen LogP contribution >= 0.6 is 11.8 Å². The van der Waals surface area contributed by atoms with Crippen molar-refractivity contribution in [3.05, 3.63) is 23.8 Å². The molecule has 1 atom stereocenters. The van der Waals surface area contributed by atoms with E-state index in [0.29, 0.717) is 12.1 Å². The zero-order chi connectivity index (χ0) is 11.8. The van der Waals surface area contributed by atoms with Crippen molar-refractivity contribution in [3.8, 4) is 0 Å².